The van der Waals surface area contributed by atoms with E-state index < -0.39 is 0 Å². The van der Waals surface area contributed by atoms with Gasteiger partial charge in [0.25, 0.3) is 0 Å². The Morgan fingerprint density at radius 2 is 2.13 bits per heavy atom. The first-order valence-electron chi connectivity index (χ1n) is 5.25. The van der Waals surface area contributed by atoms with Crippen molar-refractivity contribution in [3.8, 4) is 0 Å². The van der Waals surface area contributed by atoms with Crippen LogP contribution in [0, 0.1) is 0 Å². The van der Waals surface area contributed by atoms with Gasteiger partial charge in [-0.1, -0.05) is 37.9 Å². The Morgan fingerprint density at radius 3 is 2.60 bits per heavy atom. The summed E-state index contributed by atoms with van der Waals surface area (Å²) in [6.07, 6.45) is 4.63. The molecule has 84 valence electrons. The number of hydrogen-bond acceptors (Lipinski definition) is 2. The van der Waals surface area contributed by atoms with E-state index in [-0.39, 0.29) is 0 Å². The molecule has 3 heteroatoms. The average Bonchev–Trinajstić information content (AvgIpc) is 2.23. The minimum absolute atomic E-state index is 0.723. The second-order valence-corrected chi connectivity index (χ2v) is 3.58. The number of aliphatic imine (C=N–C) groups is 1. The van der Waals surface area contributed by atoms with Gasteiger partial charge in [-0.25, -0.2) is 0 Å². The van der Waals surface area contributed by atoms with Crippen LogP contribution in [0.25, 0.3) is 0 Å². The molecule has 0 rings (SSSR count). The maximum absolute atomic E-state index is 5.26. The molecule has 0 fully saturated rings. The van der Waals surface area contributed by atoms with Gasteiger partial charge in [0.1, 0.15) is 4.99 Å². The fourth-order valence-corrected chi connectivity index (χ4v) is 1.43. The van der Waals surface area contributed by atoms with Crippen molar-refractivity contribution in [1.82, 2.24) is 5.32 Å². The molecule has 2 nitrogen and oxygen atoms in total. The first kappa shape index (κ1) is 14.0. The molecule has 0 aromatic carbocycles. The third-order valence-electron chi connectivity index (χ3n) is 1.92. The Labute approximate surface area is 98.2 Å². The normalized spacial score (nSPS) is 12.5. The molecule has 0 spiro atoms. The van der Waals surface area contributed by atoms with Gasteiger partial charge in [-0.3, -0.25) is 4.99 Å². The molecule has 0 amide bonds. The van der Waals surface area contributed by atoms with E-state index in [4.69, 9.17) is 12.2 Å². The van der Waals surface area contributed by atoms with Crippen molar-refractivity contribution in [2.45, 2.75) is 27.2 Å². The summed E-state index contributed by atoms with van der Waals surface area (Å²) in [7, 11) is 0. The lowest BCUT2D eigenvalue weighted by molar-refractivity contribution is 1.03. The summed E-state index contributed by atoms with van der Waals surface area (Å²) in [4.78, 5) is 5.08. The molecule has 0 aromatic heterocycles. The molecule has 1 N–H and O–H groups in total. The smallest absolute Gasteiger partial charge is 0.102 e. The van der Waals surface area contributed by atoms with E-state index in [2.05, 4.69) is 23.8 Å². The van der Waals surface area contributed by atoms with Crippen LogP contribution in [0.15, 0.2) is 29.3 Å². The minimum Gasteiger partial charge on any atom is -0.371 e. The molecule has 0 bridgehead atoms. The summed E-state index contributed by atoms with van der Waals surface area (Å²) in [5, 5.41) is 3.19. The summed E-state index contributed by atoms with van der Waals surface area (Å²) < 4.78 is 0. The lowest BCUT2D eigenvalue weighted by Gasteiger charge is -2.09. The standard InChI is InChI=1S/C12H20N2S/c1-5-8-11(6-2)12(15)14-9-10(4)13-7-3/h5,8H,1,6-7,9H2,2-4H3,(H,14,15)/b11-8+,13-10?. The molecule has 0 aliphatic heterocycles. The maximum atomic E-state index is 5.26. The highest BCUT2D eigenvalue weighted by molar-refractivity contribution is 7.80. The number of nitrogens with zero attached hydrogens (tertiary/aromatic N) is 1. The van der Waals surface area contributed by atoms with E-state index in [1.165, 1.54) is 0 Å². The van der Waals surface area contributed by atoms with Crippen molar-refractivity contribution in [3.63, 3.8) is 0 Å². The van der Waals surface area contributed by atoms with Crippen molar-refractivity contribution in [1.29, 1.82) is 0 Å². The number of nitrogens with one attached hydrogen (secondary N) is 1. The average molecular weight is 224 g/mol. The summed E-state index contributed by atoms with van der Waals surface area (Å²) in [6.45, 7) is 11.3. The van der Waals surface area contributed by atoms with E-state index in [0.29, 0.717) is 0 Å². The molecule has 0 aliphatic rings. The molecule has 0 aliphatic carbocycles. The van der Waals surface area contributed by atoms with Crippen molar-refractivity contribution < 1.29 is 0 Å². The zero-order valence-corrected chi connectivity index (χ0v) is 10.7. The van der Waals surface area contributed by atoms with Crippen LogP contribution in [0.1, 0.15) is 27.2 Å². The molecule has 15 heavy (non-hydrogen) atoms. The quantitative estimate of drug-likeness (QED) is 0.325. The molecule has 0 atom stereocenters. The maximum Gasteiger partial charge on any atom is 0.102 e. The number of hydrogen-bond donors (Lipinski definition) is 1. The SMILES string of the molecule is C=C/C=C(\CC)C(=S)NCC(C)=NCC. The molecular formula is C12H20N2S. The Balaban J connectivity index is 4.19. The van der Waals surface area contributed by atoms with E-state index in [0.717, 1.165) is 35.8 Å². The first-order valence-corrected chi connectivity index (χ1v) is 5.66. The van der Waals surface area contributed by atoms with Crippen LogP contribution in [-0.4, -0.2) is 23.8 Å². The van der Waals surface area contributed by atoms with Gasteiger partial charge < -0.3 is 5.32 Å². The fraction of sp³-hybridized carbons (Fsp3) is 0.500. The fourth-order valence-electron chi connectivity index (χ4n) is 1.14. The predicted octanol–water partition coefficient (Wildman–Crippen LogP) is 2.91. The van der Waals surface area contributed by atoms with Crippen LogP contribution in [-0.2, 0) is 0 Å². The van der Waals surface area contributed by atoms with Crippen molar-refractivity contribution in [3.05, 3.63) is 24.3 Å². The van der Waals surface area contributed by atoms with Gasteiger partial charge in [0, 0.05) is 12.3 Å². The van der Waals surface area contributed by atoms with Crippen LogP contribution < -0.4 is 5.32 Å². The van der Waals surface area contributed by atoms with Gasteiger partial charge in [0.05, 0.1) is 6.54 Å². The molecule has 0 radical (unpaired) electrons. The minimum atomic E-state index is 0.723. The monoisotopic (exact) mass is 224 g/mol. The van der Waals surface area contributed by atoms with Crippen LogP contribution >= 0.6 is 12.2 Å². The molecule has 0 aromatic rings. The largest absolute Gasteiger partial charge is 0.371 e. The Bertz CT molecular complexity index is 277. The number of allylic oxidation sites excluding steroid dienone is 2. The van der Waals surface area contributed by atoms with Gasteiger partial charge >= 0.3 is 0 Å². The number of thiocarbonyl (C=S) groups is 1. The number of rotatable bonds is 6. The zero-order valence-electron chi connectivity index (χ0n) is 9.84. The van der Waals surface area contributed by atoms with Crippen molar-refractivity contribution in [2.24, 2.45) is 4.99 Å². The lowest BCUT2D eigenvalue weighted by Crippen LogP contribution is -2.28. The molecule has 0 heterocycles. The van der Waals surface area contributed by atoms with Crippen molar-refractivity contribution in [2.75, 3.05) is 13.1 Å². The highest BCUT2D eigenvalue weighted by Gasteiger charge is 2.01. The van der Waals surface area contributed by atoms with Gasteiger partial charge in [-0.05, 0) is 25.8 Å². The van der Waals surface area contributed by atoms with E-state index in [1.54, 1.807) is 6.08 Å². The Morgan fingerprint density at radius 1 is 1.47 bits per heavy atom. The van der Waals surface area contributed by atoms with Crippen LogP contribution in [0.3, 0.4) is 0 Å². The van der Waals surface area contributed by atoms with Crippen LogP contribution in [0.4, 0.5) is 0 Å². The van der Waals surface area contributed by atoms with Gasteiger partial charge in [-0.15, -0.1) is 0 Å². The third kappa shape index (κ3) is 6.18. The van der Waals surface area contributed by atoms with E-state index >= 15 is 0 Å². The van der Waals surface area contributed by atoms with Crippen LogP contribution in [0.2, 0.25) is 0 Å². The summed E-state index contributed by atoms with van der Waals surface area (Å²) >= 11 is 5.26. The van der Waals surface area contributed by atoms with Gasteiger partial charge in [0.2, 0.25) is 0 Å². The second-order valence-electron chi connectivity index (χ2n) is 3.17. The van der Waals surface area contributed by atoms with Crippen molar-refractivity contribution >= 4 is 22.9 Å². The first-order chi connectivity index (χ1) is 7.15. The second kappa shape index (κ2) is 8.36. The molecule has 0 saturated carbocycles. The Kier molecular flexibility index (Phi) is 7.82. The third-order valence-corrected chi connectivity index (χ3v) is 2.33. The topological polar surface area (TPSA) is 24.4 Å². The zero-order chi connectivity index (χ0) is 11.7. The lowest BCUT2D eigenvalue weighted by atomic mass is 10.2. The summed E-state index contributed by atoms with van der Waals surface area (Å²) in [6, 6.07) is 0. The molecule has 0 saturated heterocycles. The van der Waals surface area contributed by atoms with E-state index in [9.17, 15) is 0 Å². The molecule has 0 unspecified atom stereocenters. The highest BCUT2D eigenvalue weighted by atomic mass is 32.1. The van der Waals surface area contributed by atoms with Crippen LogP contribution in [0.5, 0.6) is 0 Å². The Hall–Kier alpha value is -0.960. The summed E-state index contributed by atoms with van der Waals surface area (Å²) in [5.41, 5.74) is 2.19. The van der Waals surface area contributed by atoms with E-state index in [1.807, 2.05) is 19.9 Å². The molecular weight excluding hydrogens is 204 g/mol. The summed E-state index contributed by atoms with van der Waals surface area (Å²) in [5.74, 6) is 0. The van der Waals surface area contributed by atoms with Gasteiger partial charge in [-0.2, -0.15) is 0 Å². The van der Waals surface area contributed by atoms with Gasteiger partial charge in [0.15, 0.2) is 0 Å². The predicted molar refractivity (Wildman–Crippen MR) is 72.8 cm³/mol. The highest BCUT2D eigenvalue weighted by Crippen LogP contribution is 2.02.